The SMILES string of the molecule is Cc1cc(NCC(c2ccc(C(F)(F)F)cc2)N2CCOCC2)ncn1. The quantitative estimate of drug-likeness (QED) is 0.880. The first-order chi connectivity index (χ1) is 12.4. The van der Waals surface area contributed by atoms with Gasteiger partial charge in [0.05, 0.1) is 24.8 Å². The molecule has 1 fully saturated rings. The summed E-state index contributed by atoms with van der Waals surface area (Å²) in [7, 11) is 0. The van der Waals surface area contributed by atoms with Crippen molar-refractivity contribution in [3.8, 4) is 0 Å². The van der Waals surface area contributed by atoms with Gasteiger partial charge in [0.25, 0.3) is 0 Å². The number of anilines is 1. The maximum absolute atomic E-state index is 12.8. The van der Waals surface area contributed by atoms with Crippen LogP contribution < -0.4 is 5.32 Å². The molecule has 2 aromatic rings. The second-order valence-corrected chi connectivity index (χ2v) is 6.21. The van der Waals surface area contributed by atoms with Crippen molar-refractivity contribution >= 4 is 5.82 Å². The molecule has 1 aliphatic heterocycles. The number of aryl methyl sites for hydroxylation is 1. The Morgan fingerprint density at radius 3 is 2.46 bits per heavy atom. The van der Waals surface area contributed by atoms with Crippen molar-refractivity contribution in [2.75, 3.05) is 38.2 Å². The van der Waals surface area contributed by atoms with Gasteiger partial charge in [-0.05, 0) is 24.6 Å². The van der Waals surface area contributed by atoms with Crippen LogP contribution in [0.5, 0.6) is 0 Å². The predicted molar refractivity (Wildman–Crippen MR) is 91.8 cm³/mol. The molecule has 1 aromatic carbocycles. The first-order valence-corrected chi connectivity index (χ1v) is 8.45. The van der Waals surface area contributed by atoms with Crippen molar-refractivity contribution in [1.29, 1.82) is 0 Å². The number of hydrogen-bond acceptors (Lipinski definition) is 5. The van der Waals surface area contributed by atoms with Gasteiger partial charge in [-0.3, -0.25) is 4.90 Å². The molecular formula is C18H21F3N4O. The van der Waals surface area contributed by atoms with Gasteiger partial charge in [-0.15, -0.1) is 0 Å². The summed E-state index contributed by atoms with van der Waals surface area (Å²) < 4.78 is 43.9. The molecule has 1 N–H and O–H groups in total. The van der Waals surface area contributed by atoms with Crippen LogP contribution in [0.4, 0.5) is 19.0 Å². The van der Waals surface area contributed by atoms with Crippen LogP contribution in [0.3, 0.4) is 0 Å². The lowest BCUT2D eigenvalue weighted by Gasteiger charge is -2.35. The molecule has 0 aliphatic carbocycles. The molecule has 2 heterocycles. The zero-order valence-corrected chi connectivity index (χ0v) is 14.5. The second-order valence-electron chi connectivity index (χ2n) is 6.21. The third kappa shape index (κ3) is 4.70. The van der Waals surface area contributed by atoms with E-state index < -0.39 is 11.7 Å². The lowest BCUT2D eigenvalue weighted by Crippen LogP contribution is -2.41. The number of nitrogens with one attached hydrogen (secondary N) is 1. The molecule has 0 spiro atoms. The van der Waals surface area contributed by atoms with Gasteiger partial charge in [-0.25, -0.2) is 9.97 Å². The van der Waals surface area contributed by atoms with Crippen LogP contribution in [-0.2, 0) is 10.9 Å². The molecule has 5 nitrogen and oxygen atoms in total. The Balaban J connectivity index is 1.78. The first kappa shape index (κ1) is 18.6. The molecule has 0 bridgehead atoms. The number of alkyl halides is 3. The first-order valence-electron chi connectivity index (χ1n) is 8.45. The van der Waals surface area contributed by atoms with E-state index in [9.17, 15) is 13.2 Å². The maximum atomic E-state index is 12.8. The van der Waals surface area contributed by atoms with Crippen LogP contribution in [0.2, 0.25) is 0 Å². The molecule has 3 rings (SSSR count). The summed E-state index contributed by atoms with van der Waals surface area (Å²) >= 11 is 0. The number of ether oxygens (including phenoxy) is 1. The maximum Gasteiger partial charge on any atom is 0.416 e. The Morgan fingerprint density at radius 2 is 1.85 bits per heavy atom. The average Bonchev–Trinajstić information content (AvgIpc) is 2.63. The molecule has 8 heteroatoms. The summed E-state index contributed by atoms with van der Waals surface area (Å²) in [5, 5.41) is 3.27. The summed E-state index contributed by atoms with van der Waals surface area (Å²) in [6.07, 6.45) is -2.84. The Hall–Kier alpha value is -2.19. The van der Waals surface area contributed by atoms with Gasteiger partial charge in [-0.2, -0.15) is 13.2 Å². The smallest absolute Gasteiger partial charge is 0.379 e. The molecular weight excluding hydrogens is 345 g/mol. The number of benzene rings is 1. The van der Waals surface area contributed by atoms with Crippen molar-refractivity contribution < 1.29 is 17.9 Å². The van der Waals surface area contributed by atoms with Gasteiger partial charge in [0.15, 0.2) is 0 Å². The Kier molecular flexibility index (Phi) is 5.73. The van der Waals surface area contributed by atoms with Gasteiger partial charge in [0.2, 0.25) is 0 Å². The number of aromatic nitrogens is 2. The number of rotatable bonds is 5. The van der Waals surface area contributed by atoms with Crippen molar-refractivity contribution in [3.05, 3.63) is 53.5 Å². The van der Waals surface area contributed by atoms with E-state index in [1.807, 2.05) is 13.0 Å². The fraction of sp³-hybridized carbons (Fsp3) is 0.444. The zero-order chi connectivity index (χ0) is 18.6. The van der Waals surface area contributed by atoms with Crippen LogP contribution in [0, 0.1) is 6.92 Å². The fourth-order valence-corrected chi connectivity index (χ4v) is 2.99. The van der Waals surface area contributed by atoms with Gasteiger partial charge in [0.1, 0.15) is 12.1 Å². The van der Waals surface area contributed by atoms with E-state index in [1.54, 1.807) is 12.1 Å². The van der Waals surface area contributed by atoms with Gasteiger partial charge >= 0.3 is 6.18 Å². The van der Waals surface area contributed by atoms with E-state index in [1.165, 1.54) is 6.33 Å². The van der Waals surface area contributed by atoms with Crippen molar-refractivity contribution in [2.45, 2.75) is 19.1 Å². The lowest BCUT2D eigenvalue weighted by molar-refractivity contribution is -0.137. The fourth-order valence-electron chi connectivity index (χ4n) is 2.99. The average molecular weight is 366 g/mol. The third-order valence-electron chi connectivity index (χ3n) is 4.39. The minimum absolute atomic E-state index is 0.0727. The second kappa shape index (κ2) is 8.01. The van der Waals surface area contributed by atoms with E-state index in [0.29, 0.717) is 25.6 Å². The number of morpholine rings is 1. The van der Waals surface area contributed by atoms with Crippen LogP contribution >= 0.6 is 0 Å². The summed E-state index contributed by atoms with van der Waals surface area (Å²) in [6.45, 7) is 5.10. The van der Waals surface area contributed by atoms with E-state index in [4.69, 9.17) is 4.74 Å². The lowest BCUT2D eigenvalue weighted by atomic mass is 10.0. The Labute approximate surface area is 150 Å². The van der Waals surface area contributed by atoms with Crippen LogP contribution in [0.25, 0.3) is 0 Å². The molecule has 1 aliphatic rings. The zero-order valence-electron chi connectivity index (χ0n) is 14.5. The highest BCUT2D eigenvalue weighted by atomic mass is 19.4. The van der Waals surface area contributed by atoms with E-state index >= 15 is 0 Å². The monoisotopic (exact) mass is 366 g/mol. The van der Waals surface area contributed by atoms with E-state index in [2.05, 4.69) is 20.2 Å². The molecule has 1 saturated heterocycles. The number of nitrogens with zero attached hydrogens (tertiary/aromatic N) is 3. The molecule has 0 saturated carbocycles. The van der Waals surface area contributed by atoms with Crippen LogP contribution in [0.1, 0.15) is 22.9 Å². The molecule has 26 heavy (non-hydrogen) atoms. The minimum atomic E-state index is -4.33. The highest BCUT2D eigenvalue weighted by Crippen LogP contribution is 2.31. The molecule has 0 amide bonds. The highest BCUT2D eigenvalue weighted by Gasteiger charge is 2.31. The van der Waals surface area contributed by atoms with Crippen LogP contribution in [-0.4, -0.2) is 47.7 Å². The molecule has 0 radical (unpaired) electrons. The Bertz CT molecular complexity index is 715. The summed E-state index contributed by atoms with van der Waals surface area (Å²) in [4.78, 5) is 10.5. The molecule has 1 aromatic heterocycles. The summed E-state index contributed by atoms with van der Waals surface area (Å²) in [5.41, 5.74) is 1.04. The number of hydrogen-bond donors (Lipinski definition) is 1. The predicted octanol–water partition coefficient (Wildman–Crippen LogP) is 3.29. The van der Waals surface area contributed by atoms with E-state index in [0.717, 1.165) is 36.5 Å². The number of halogens is 3. The van der Waals surface area contributed by atoms with Gasteiger partial charge < -0.3 is 10.1 Å². The normalized spacial score (nSPS) is 17.1. The highest BCUT2D eigenvalue weighted by molar-refractivity contribution is 5.36. The Morgan fingerprint density at radius 1 is 1.15 bits per heavy atom. The standard InChI is InChI=1S/C18H21F3N4O/c1-13-10-17(24-12-23-13)22-11-16(25-6-8-26-9-7-25)14-2-4-15(5-3-14)18(19,20)21/h2-5,10,12,16H,6-9,11H2,1H3,(H,22,23,24). The molecule has 1 unspecified atom stereocenters. The topological polar surface area (TPSA) is 50.3 Å². The third-order valence-corrected chi connectivity index (χ3v) is 4.39. The van der Waals surface area contributed by atoms with Crippen molar-refractivity contribution in [3.63, 3.8) is 0 Å². The van der Waals surface area contributed by atoms with Crippen molar-refractivity contribution in [1.82, 2.24) is 14.9 Å². The largest absolute Gasteiger partial charge is 0.416 e. The summed E-state index contributed by atoms with van der Waals surface area (Å²) in [6, 6.07) is 7.14. The minimum Gasteiger partial charge on any atom is -0.379 e. The molecule has 1 atom stereocenters. The van der Waals surface area contributed by atoms with Crippen LogP contribution in [0.15, 0.2) is 36.7 Å². The van der Waals surface area contributed by atoms with Gasteiger partial charge in [0, 0.05) is 31.4 Å². The summed E-state index contributed by atoms with van der Waals surface area (Å²) in [5.74, 6) is 0.697. The van der Waals surface area contributed by atoms with Crippen molar-refractivity contribution in [2.24, 2.45) is 0 Å². The molecule has 140 valence electrons. The van der Waals surface area contributed by atoms with Gasteiger partial charge in [-0.1, -0.05) is 12.1 Å². The van der Waals surface area contributed by atoms with E-state index in [-0.39, 0.29) is 6.04 Å².